The molecule has 0 aromatic heterocycles. The molecule has 86 valence electrons. The van der Waals surface area contributed by atoms with Gasteiger partial charge in [-0.3, -0.25) is 4.90 Å². The summed E-state index contributed by atoms with van der Waals surface area (Å²) in [4.78, 5) is 17.9. The number of hydrogen-bond acceptors (Lipinski definition) is 4. The number of carbonyl (C=O) groups excluding carboxylic acids is 1. The molecule has 0 bridgehead atoms. The highest BCUT2D eigenvalue weighted by molar-refractivity contribution is 5.96. The molecule has 0 aromatic rings. The van der Waals surface area contributed by atoms with Gasteiger partial charge in [-0.1, -0.05) is 5.16 Å². The number of carbonyl (C=O) groups is 1. The van der Waals surface area contributed by atoms with E-state index >= 15 is 0 Å². The Morgan fingerprint density at radius 1 is 1.47 bits per heavy atom. The first-order valence-electron chi connectivity index (χ1n) is 5.04. The Morgan fingerprint density at radius 3 is 2.67 bits per heavy atom. The number of amidine groups is 1. The summed E-state index contributed by atoms with van der Waals surface area (Å²) in [5.41, 5.74) is -0.474. The second-order valence-corrected chi connectivity index (χ2v) is 4.43. The SMILES string of the molecule is CON=C1CCCN1C(=O)OC(C)(C)C. The first-order chi connectivity index (χ1) is 6.94. The van der Waals surface area contributed by atoms with Gasteiger partial charge in [-0.2, -0.15) is 0 Å². The molecule has 1 aliphatic heterocycles. The molecule has 0 radical (unpaired) electrons. The van der Waals surface area contributed by atoms with Crippen molar-refractivity contribution in [3.63, 3.8) is 0 Å². The summed E-state index contributed by atoms with van der Waals surface area (Å²) in [7, 11) is 1.47. The Hall–Kier alpha value is -1.26. The molecule has 0 aromatic carbocycles. The Bertz CT molecular complexity index is 268. The van der Waals surface area contributed by atoms with Crippen molar-refractivity contribution in [2.24, 2.45) is 5.16 Å². The Morgan fingerprint density at radius 2 is 2.13 bits per heavy atom. The van der Waals surface area contributed by atoms with E-state index in [0.717, 1.165) is 12.8 Å². The van der Waals surface area contributed by atoms with Crippen molar-refractivity contribution in [3.8, 4) is 0 Å². The van der Waals surface area contributed by atoms with E-state index < -0.39 is 5.60 Å². The molecule has 0 unspecified atom stereocenters. The number of ether oxygens (including phenoxy) is 1. The van der Waals surface area contributed by atoms with Gasteiger partial charge in [-0.05, 0) is 27.2 Å². The molecule has 1 rings (SSSR count). The van der Waals surface area contributed by atoms with Gasteiger partial charge in [0.15, 0.2) is 5.84 Å². The lowest BCUT2D eigenvalue weighted by Crippen LogP contribution is -2.37. The summed E-state index contributed by atoms with van der Waals surface area (Å²) < 4.78 is 5.25. The molecule has 1 saturated heterocycles. The maximum Gasteiger partial charge on any atom is 0.415 e. The van der Waals surface area contributed by atoms with Crippen molar-refractivity contribution in [1.82, 2.24) is 4.90 Å². The predicted molar refractivity (Wildman–Crippen MR) is 56.6 cm³/mol. The van der Waals surface area contributed by atoms with E-state index in [1.165, 1.54) is 12.0 Å². The lowest BCUT2D eigenvalue weighted by Gasteiger charge is -2.24. The molecule has 1 amide bonds. The molecule has 0 atom stereocenters. The normalized spacial score (nSPS) is 19.5. The Labute approximate surface area is 90.0 Å². The van der Waals surface area contributed by atoms with Gasteiger partial charge in [0, 0.05) is 13.0 Å². The van der Waals surface area contributed by atoms with E-state index in [0.29, 0.717) is 12.4 Å². The summed E-state index contributed by atoms with van der Waals surface area (Å²) in [6.45, 7) is 6.17. The molecule has 5 heteroatoms. The maximum absolute atomic E-state index is 11.7. The van der Waals surface area contributed by atoms with E-state index in [4.69, 9.17) is 4.74 Å². The van der Waals surface area contributed by atoms with E-state index in [-0.39, 0.29) is 6.09 Å². The molecular formula is C10H18N2O3. The summed E-state index contributed by atoms with van der Waals surface area (Å²) in [6, 6.07) is 0. The van der Waals surface area contributed by atoms with Crippen LogP contribution < -0.4 is 0 Å². The van der Waals surface area contributed by atoms with E-state index in [2.05, 4.69) is 9.99 Å². The van der Waals surface area contributed by atoms with Gasteiger partial charge in [0.2, 0.25) is 0 Å². The van der Waals surface area contributed by atoms with Gasteiger partial charge in [0.1, 0.15) is 12.7 Å². The van der Waals surface area contributed by atoms with Crippen LogP contribution in [0.1, 0.15) is 33.6 Å². The van der Waals surface area contributed by atoms with E-state index in [1.54, 1.807) is 0 Å². The average Bonchev–Trinajstić information content (AvgIpc) is 2.49. The van der Waals surface area contributed by atoms with Gasteiger partial charge < -0.3 is 9.57 Å². The largest absolute Gasteiger partial charge is 0.443 e. The highest BCUT2D eigenvalue weighted by Crippen LogP contribution is 2.16. The molecule has 0 spiro atoms. The van der Waals surface area contributed by atoms with Crippen LogP contribution in [-0.4, -0.2) is 36.1 Å². The third-order valence-electron chi connectivity index (χ3n) is 1.90. The fourth-order valence-electron chi connectivity index (χ4n) is 1.37. The van der Waals surface area contributed by atoms with Crippen molar-refractivity contribution in [2.45, 2.75) is 39.2 Å². The van der Waals surface area contributed by atoms with Gasteiger partial charge in [0.25, 0.3) is 0 Å². The molecule has 0 saturated carbocycles. The van der Waals surface area contributed by atoms with Crippen LogP contribution in [0, 0.1) is 0 Å². The molecule has 0 N–H and O–H groups in total. The summed E-state index contributed by atoms with van der Waals surface area (Å²) in [6.07, 6.45) is 1.31. The zero-order valence-electron chi connectivity index (χ0n) is 9.74. The lowest BCUT2D eigenvalue weighted by molar-refractivity contribution is 0.0377. The number of likely N-dealkylation sites (tertiary alicyclic amines) is 1. The van der Waals surface area contributed by atoms with Crippen LogP contribution in [-0.2, 0) is 9.57 Å². The lowest BCUT2D eigenvalue weighted by atomic mass is 10.2. The van der Waals surface area contributed by atoms with Crippen LogP contribution in [0.2, 0.25) is 0 Å². The zero-order chi connectivity index (χ0) is 11.5. The standard InChI is InChI=1S/C10H18N2O3/c1-10(2,3)15-9(13)12-7-5-6-8(12)11-14-4/h5-7H2,1-4H3. The molecule has 1 fully saturated rings. The minimum absolute atomic E-state index is 0.351. The molecule has 5 nitrogen and oxygen atoms in total. The highest BCUT2D eigenvalue weighted by Gasteiger charge is 2.29. The molecular weight excluding hydrogens is 196 g/mol. The molecule has 0 aliphatic carbocycles. The third kappa shape index (κ3) is 3.42. The number of oxime groups is 1. The maximum atomic E-state index is 11.7. The Kier molecular flexibility index (Phi) is 3.55. The fraction of sp³-hybridized carbons (Fsp3) is 0.800. The predicted octanol–water partition coefficient (Wildman–Crippen LogP) is 1.98. The van der Waals surface area contributed by atoms with Crippen molar-refractivity contribution in [3.05, 3.63) is 0 Å². The van der Waals surface area contributed by atoms with Crippen molar-refractivity contribution >= 4 is 11.9 Å². The van der Waals surface area contributed by atoms with Crippen LogP contribution >= 0.6 is 0 Å². The minimum atomic E-state index is -0.474. The smallest absolute Gasteiger partial charge is 0.415 e. The monoisotopic (exact) mass is 214 g/mol. The summed E-state index contributed by atoms with van der Waals surface area (Å²) >= 11 is 0. The molecule has 15 heavy (non-hydrogen) atoms. The van der Waals surface area contributed by atoms with E-state index in [9.17, 15) is 4.79 Å². The number of hydrogen-bond donors (Lipinski definition) is 0. The second-order valence-electron chi connectivity index (χ2n) is 4.43. The minimum Gasteiger partial charge on any atom is -0.443 e. The van der Waals surface area contributed by atoms with Crippen molar-refractivity contribution in [1.29, 1.82) is 0 Å². The average molecular weight is 214 g/mol. The van der Waals surface area contributed by atoms with Crippen LogP contribution in [0.25, 0.3) is 0 Å². The van der Waals surface area contributed by atoms with Gasteiger partial charge in [0.05, 0.1) is 0 Å². The first-order valence-corrected chi connectivity index (χ1v) is 5.04. The second kappa shape index (κ2) is 4.51. The summed E-state index contributed by atoms with van der Waals surface area (Å²) in [5, 5.41) is 3.80. The van der Waals surface area contributed by atoms with Gasteiger partial charge in [-0.15, -0.1) is 0 Å². The topological polar surface area (TPSA) is 51.1 Å². The zero-order valence-corrected chi connectivity index (χ0v) is 9.74. The highest BCUT2D eigenvalue weighted by atomic mass is 16.6. The number of amides is 1. The quantitative estimate of drug-likeness (QED) is 0.627. The number of rotatable bonds is 1. The van der Waals surface area contributed by atoms with Crippen molar-refractivity contribution in [2.75, 3.05) is 13.7 Å². The van der Waals surface area contributed by atoms with Crippen LogP contribution in [0.15, 0.2) is 5.16 Å². The molecule has 1 aliphatic rings. The van der Waals surface area contributed by atoms with Crippen molar-refractivity contribution < 1.29 is 14.4 Å². The van der Waals surface area contributed by atoms with Crippen LogP contribution in [0.5, 0.6) is 0 Å². The number of nitrogens with zero attached hydrogens (tertiary/aromatic N) is 2. The van der Waals surface area contributed by atoms with Gasteiger partial charge in [-0.25, -0.2) is 4.79 Å². The van der Waals surface area contributed by atoms with Gasteiger partial charge >= 0.3 is 6.09 Å². The molecule has 1 heterocycles. The van der Waals surface area contributed by atoms with Crippen LogP contribution in [0.3, 0.4) is 0 Å². The fourth-order valence-corrected chi connectivity index (χ4v) is 1.37. The van der Waals surface area contributed by atoms with E-state index in [1.807, 2.05) is 20.8 Å². The first kappa shape index (κ1) is 11.8. The van der Waals surface area contributed by atoms with Crippen LogP contribution in [0.4, 0.5) is 4.79 Å². The summed E-state index contributed by atoms with van der Waals surface area (Å²) in [5.74, 6) is 0.645. The third-order valence-corrected chi connectivity index (χ3v) is 1.90. The Balaban J connectivity index is 2.63.